The first kappa shape index (κ1) is 13.7. The quantitative estimate of drug-likeness (QED) is 0.587. The fourth-order valence-electron chi connectivity index (χ4n) is 0.956. The smallest absolute Gasteiger partial charge is 0.323 e. The number of rotatable bonds is 6. The van der Waals surface area contributed by atoms with Crippen LogP contribution in [0.2, 0.25) is 0 Å². The summed E-state index contributed by atoms with van der Waals surface area (Å²) in [6, 6.07) is -0.614. The Labute approximate surface area is 89.0 Å². The van der Waals surface area contributed by atoms with Gasteiger partial charge in [0.1, 0.15) is 6.54 Å². The molecule has 0 spiro atoms. The van der Waals surface area contributed by atoms with Gasteiger partial charge >= 0.3 is 12.0 Å². The second-order valence-electron chi connectivity index (χ2n) is 3.53. The van der Waals surface area contributed by atoms with Gasteiger partial charge in [-0.05, 0) is 5.92 Å². The molecule has 0 aliphatic rings. The maximum Gasteiger partial charge on any atom is 0.323 e. The molecule has 0 radical (unpaired) electrons. The molecule has 0 fully saturated rings. The number of carbonyl (C=O) groups is 2. The zero-order valence-corrected chi connectivity index (χ0v) is 9.24. The van der Waals surface area contributed by atoms with Gasteiger partial charge in [0.2, 0.25) is 0 Å². The number of carboxylic acids is 1. The van der Waals surface area contributed by atoms with Crippen molar-refractivity contribution in [2.75, 3.05) is 20.3 Å². The number of hydrogen-bond acceptors (Lipinski definition) is 3. The highest BCUT2D eigenvalue weighted by molar-refractivity contribution is 5.79. The van der Waals surface area contributed by atoms with Crippen LogP contribution in [0.4, 0.5) is 4.79 Å². The number of aliphatic carboxylic acids is 1. The number of nitrogens with one attached hydrogen (secondary N) is 2. The number of methoxy groups -OCH3 is 1. The molecule has 0 saturated heterocycles. The molecular weight excluding hydrogens is 200 g/mol. The van der Waals surface area contributed by atoms with Gasteiger partial charge in [-0.15, -0.1) is 0 Å². The molecule has 3 N–H and O–H groups in total. The number of carbonyl (C=O) groups excluding carboxylic acids is 1. The van der Waals surface area contributed by atoms with Crippen LogP contribution in [0.15, 0.2) is 0 Å². The van der Waals surface area contributed by atoms with Gasteiger partial charge < -0.3 is 20.5 Å². The molecule has 88 valence electrons. The summed E-state index contributed by atoms with van der Waals surface area (Å²) >= 11 is 0. The van der Waals surface area contributed by atoms with Crippen molar-refractivity contribution < 1.29 is 19.4 Å². The van der Waals surface area contributed by atoms with Crippen LogP contribution in [0.1, 0.15) is 13.8 Å². The maximum absolute atomic E-state index is 11.2. The molecule has 0 aliphatic carbocycles. The van der Waals surface area contributed by atoms with Crippen molar-refractivity contribution in [2.24, 2.45) is 5.92 Å². The Morgan fingerprint density at radius 3 is 2.40 bits per heavy atom. The van der Waals surface area contributed by atoms with Crippen LogP contribution in [0.25, 0.3) is 0 Å². The van der Waals surface area contributed by atoms with Crippen LogP contribution in [-0.4, -0.2) is 43.4 Å². The average molecular weight is 218 g/mol. The van der Waals surface area contributed by atoms with Crippen molar-refractivity contribution in [2.45, 2.75) is 19.9 Å². The van der Waals surface area contributed by atoms with Crippen molar-refractivity contribution in [3.8, 4) is 0 Å². The Kier molecular flexibility index (Phi) is 6.44. The van der Waals surface area contributed by atoms with E-state index in [1.807, 2.05) is 13.8 Å². The molecule has 2 amide bonds. The van der Waals surface area contributed by atoms with Gasteiger partial charge in [0, 0.05) is 7.11 Å². The van der Waals surface area contributed by atoms with Crippen molar-refractivity contribution in [3.63, 3.8) is 0 Å². The van der Waals surface area contributed by atoms with Gasteiger partial charge in [-0.3, -0.25) is 4.79 Å². The Hall–Kier alpha value is -1.30. The summed E-state index contributed by atoms with van der Waals surface area (Å²) in [4.78, 5) is 21.4. The van der Waals surface area contributed by atoms with Crippen LogP contribution in [0, 0.1) is 5.92 Å². The molecule has 0 aromatic carbocycles. The van der Waals surface area contributed by atoms with E-state index in [-0.39, 0.29) is 18.5 Å². The SMILES string of the molecule is COCC(NC(=O)NCC(=O)O)C(C)C. The van der Waals surface area contributed by atoms with E-state index in [4.69, 9.17) is 9.84 Å². The Morgan fingerprint density at radius 1 is 1.40 bits per heavy atom. The van der Waals surface area contributed by atoms with E-state index in [1.54, 1.807) is 7.11 Å². The minimum Gasteiger partial charge on any atom is -0.480 e. The normalized spacial score (nSPS) is 12.3. The van der Waals surface area contributed by atoms with E-state index in [1.165, 1.54) is 0 Å². The largest absolute Gasteiger partial charge is 0.480 e. The summed E-state index contributed by atoms with van der Waals surface area (Å²) in [5, 5.41) is 13.2. The summed E-state index contributed by atoms with van der Waals surface area (Å²) in [6.07, 6.45) is 0. The molecule has 15 heavy (non-hydrogen) atoms. The summed E-state index contributed by atoms with van der Waals surface area (Å²) < 4.78 is 4.93. The molecular formula is C9H18N2O4. The van der Waals surface area contributed by atoms with Crippen molar-refractivity contribution in [3.05, 3.63) is 0 Å². The predicted octanol–water partition coefficient (Wildman–Crippen LogP) is 0.0412. The number of ether oxygens (including phenoxy) is 1. The van der Waals surface area contributed by atoms with E-state index < -0.39 is 12.0 Å². The van der Waals surface area contributed by atoms with E-state index in [0.29, 0.717) is 6.61 Å². The second-order valence-corrected chi connectivity index (χ2v) is 3.53. The minimum atomic E-state index is -1.07. The molecule has 6 heteroatoms. The van der Waals surface area contributed by atoms with Gasteiger partial charge in [0.15, 0.2) is 0 Å². The van der Waals surface area contributed by atoms with Gasteiger partial charge in [0.05, 0.1) is 12.6 Å². The van der Waals surface area contributed by atoms with Crippen LogP contribution in [0.5, 0.6) is 0 Å². The van der Waals surface area contributed by atoms with Crippen molar-refractivity contribution >= 4 is 12.0 Å². The third-order valence-corrected chi connectivity index (χ3v) is 1.87. The zero-order valence-electron chi connectivity index (χ0n) is 9.24. The van der Waals surface area contributed by atoms with Gasteiger partial charge in [-0.1, -0.05) is 13.8 Å². The molecule has 0 aromatic heterocycles. The van der Waals surface area contributed by atoms with Gasteiger partial charge in [-0.2, -0.15) is 0 Å². The van der Waals surface area contributed by atoms with Crippen molar-refractivity contribution in [1.29, 1.82) is 0 Å². The monoisotopic (exact) mass is 218 g/mol. The molecule has 0 aromatic rings. The third kappa shape index (κ3) is 6.73. The lowest BCUT2D eigenvalue weighted by Crippen LogP contribution is -2.47. The van der Waals surface area contributed by atoms with Crippen LogP contribution < -0.4 is 10.6 Å². The number of amides is 2. The molecule has 0 saturated carbocycles. The fourth-order valence-corrected chi connectivity index (χ4v) is 0.956. The van der Waals surface area contributed by atoms with Crippen LogP contribution in [-0.2, 0) is 9.53 Å². The molecule has 0 aliphatic heterocycles. The highest BCUT2D eigenvalue weighted by Gasteiger charge is 2.15. The zero-order chi connectivity index (χ0) is 11.8. The van der Waals surface area contributed by atoms with E-state index >= 15 is 0 Å². The lowest BCUT2D eigenvalue weighted by molar-refractivity contribution is -0.135. The lowest BCUT2D eigenvalue weighted by Gasteiger charge is -2.21. The highest BCUT2D eigenvalue weighted by Crippen LogP contribution is 2.01. The predicted molar refractivity (Wildman–Crippen MR) is 54.7 cm³/mol. The highest BCUT2D eigenvalue weighted by atomic mass is 16.5. The van der Waals surface area contributed by atoms with E-state index in [0.717, 1.165) is 0 Å². The standard InChI is InChI=1S/C9H18N2O4/c1-6(2)7(5-15-3)11-9(14)10-4-8(12)13/h6-7H,4-5H2,1-3H3,(H,12,13)(H2,10,11,14). The maximum atomic E-state index is 11.2. The summed E-state index contributed by atoms with van der Waals surface area (Å²) in [6.45, 7) is 3.91. The minimum absolute atomic E-state index is 0.121. The Balaban J connectivity index is 3.94. The first-order valence-electron chi connectivity index (χ1n) is 4.72. The molecule has 1 atom stereocenters. The van der Waals surface area contributed by atoms with Crippen LogP contribution in [0.3, 0.4) is 0 Å². The average Bonchev–Trinajstić information content (AvgIpc) is 2.14. The molecule has 1 unspecified atom stereocenters. The molecule has 0 rings (SSSR count). The summed E-state index contributed by atoms with van der Waals surface area (Å²) in [5.41, 5.74) is 0. The third-order valence-electron chi connectivity index (χ3n) is 1.87. The summed E-state index contributed by atoms with van der Waals surface area (Å²) in [5.74, 6) is -0.849. The molecule has 6 nitrogen and oxygen atoms in total. The number of urea groups is 1. The first-order chi connectivity index (χ1) is 6.97. The Bertz CT molecular complexity index is 218. The molecule has 0 bridgehead atoms. The van der Waals surface area contributed by atoms with Crippen molar-refractivity contribution in [1.82, 2.24) is 10.6 Å². The second kappa shape index (κ2) is 7.05. The number of carboxylic acid groups (broad SMARTS) is 1. The van der Waals surface area contributed by atoms with Crippen LogP contribution >= 0.6 is 0 Å². The topological polar surface area (TPSA) is 87.7 Å². The summed E-state index contributed by atoms with van der Waals surface area (Å²) in [7, 11) is 1.55. The van der Waals surface area contributed by atoms with Gasteiger partial charge in [-0.25, -0.2) is 4.79 Å². The van der Waals surface area contributed by atoms with E-state index in [9.17, 15) is 9.59 Å². The Morgan fingerprint density at radius 2 is 2.00 bits per heavy atom. The number of hydrogen-bond donors (Lipinski definition) is 3. The lowest BCUT2D eigenvalue weighted by atomic mass is 10.1. The molecule has 0 heterocycles. The van der Waals surface area contributed by atoms with Gasteiger partial charge in [0.25, 0.3) is 0 Å². The first-order valence-corrected chi connectivity index (χ1v) is 4.72. The fraction of sp³-hybridized carbons (Fsp3) is 0.778. The van der Waals surface area contributed by atoms with E-state index in [2.05, 4.69) is 10.6 Å².